The van der Waals surface area contributed by atoms with Crippen molar-refractivity contribution in [3.8, 4) is 11.5 Å². The zero-order valence-corrected chi connectivity index (χ0v) is 13.5. The summed E-state index contributed by atoms with van der Waals surface area (Å²) in [7, 11) is 2.96. The molecule has 0 spiro atoms. The van der Waals surface area contributed by atoms with E-state index in [9.17, 15) is 18.4 Å². The van der Waals surface area contributed by atoms with E-state index in [2.05, 4.69) is 20.5 Å². The van der Waals surface area contributed by atoms with Gasteiger partial charge in [0.1, 0.15) is 0 Å². The minimum absolute atomic E-state index is 0.0223. The van der Waals surface area contributed by atoms with E-state index < -0.39 is 18.4 Å². The quantitative estimate of drug-likeness (QED) is 0.784. The van der Waals surface area contributed by atoms with Gasteiger partial charge in [-0.05, 0) is 18.2 Å². The van der Waals surface area contributed by atoms with Crippen LogP contribution in [0.4, 0.5) is 14.6 Å². The molecule has 2 aromatic rings. The number of aromatic nitrogens is 2. The number of carbonyl (C=O) groups excluding carboxylic acids is 2. The monoisotopic (exact) mass is 354 g/mol. The Bertz CT molecular complexity index is 764. The van der Waals surface area contributed by atoms with E-state index >= 15 is 0 Å². The van der Waals surface area contributed by atoms with Gasteiger partial charge >= 0.3 is 6.61 Å². The summed E-state index contributed by atoms with van der Waals surface area (Å²) >= 11 is 0. The van der Waals surface area contributed by atoms with Crippen LogP contribution in [0.2, 0.25) is 0 Å². The number of hydrogen-bond acceptors (Lipinski definition) is 5. The first-order valence-electron chi connectivity index (χ1n) is 7.09. The first kappa shape index (κ1) is 18.2. The van der Waals surface area contributed by atoms with E-state index in [0.29, 0.717) is 5.82 Å². The fourth-order valence-electron chi connectivity index (χ4n) is 1.93. The molecule has 0 aliphatic carbocycles. The average Bonchev–Trinajstić information content (AvgIpc) is 2.97. The fraction of sp³-hybridized carbons (Fsp3) is 0.267. The number of hydrogen-bond donors (Lipinski definition) is 2. The number of anilines is 1. The molecule has 0 unspecified atom stereocenters. The molecule has 0 saturated heterocycles. The fourth-order valence-corrected chi connectivity index (χ4v) is 1.93. The Kier molecular flexibility index (Phi) is 5.88. The molecule has 2 N–H and O–H groups in total. The lowest BCUT2D eigenvalue weighted by Crippen LogP contribution is -2.33. The number of methoxy groups -OCH3 is 1. The molecule has 8 nitrogen and oxygen atoms in total. The van der Waals surface area contributed by atoms with E-state index in [0.717, 1.165) is 0 Å². The molecule has 1 aromatic carbocycles. The van der Waals surface area contributed by atoms with Gasteiger partial charge in [-0.25, -0.2) is 0 Å². The van der Waals surface area contributed by atoms with Crippen LogP contribution < -0.4 is 20.1 Å². The summed E-state index contributed by atoms with van der Waals surface area (Å²) in [6.07, 6.45) is 1.66. The summed E-state index contributed by atoms with van der Waals surface area (Å²) < 4.78 is 35.3. The van der Waals surface area contributed by atoms with E-state index in [1.807, 2.05) is 0 Å². The Morgan fingerprint density at radius 3 is 2.64 bits per heavy atom. The van der Waals surface area contributed by atoms with Gasteiger partial charge in [-0.15, -0.1) is 0 Å². The largest absolute Gasteiger partial charge is 0.493 e. The van der Waals surface area contributed by atoms with Crippen LogP contribution in [0.5, 0.6) is 11.5 Å². The minimum atomic E-state index is -3.01. The van der Waals surface area contributed by atoms with Crippen molar-refractivity contribution >= 4 is 17.6 Å². The van der Waals surface area contributed by atoms with Crippen molar-refractivity contribution < 1.29 is 27.8 Å². The molecule has 0 aliphatic heterocycles. The molecule has 0 fully saturated rings. The Hall–Kier alpha value is -3.17. The SMILES string of the molecule is COc1cc(C(=O)NCC(=O)Nc2ccn(C)n2)ccc1OC(F)F. The molecule has 0 atom stereocenters. The first-order valence-corrected chi connectivity index (χ1v) is 7.09. The number of amides is 2. The number of rotatable bonds is 7. The number of halogens is 2. The van der Waals surface area contributed by atoms with Crippen LogP contribution in [0.1, 0.15) is 10.4 Å². The van der Waals surface area contributed by atoms with Gasteiger partial charge in [0.15, 0.2) is 17.3 Å². The molecule has 0 bridgehead atoms. The maximum Gasteiger partial charge on any atom is 0.387 e. The van der Waals surface area contributed by atoms with Crippen LogP contribution in [0, 0.1) is 0 Å². The minimum Gasteiger partial charge on any atom is -0.493 e. The lowest BCUT2D eigenvalue weighted by molar-refractivity contribution is -0.115. The molecule has 10 heteroatoms. The predicted octanol–water partition coefficient (Wildman–Crippen LogP) is 1.40. The van der Waals surface area contributed by atoms with Gasteiger partial charge in [-0.1, -0.05) is 0 Å². The second-order valence-corrected chi connectivity index (χ2v) is 4.85. The Balaban J connectivity index is 1.94. The highest BCUT2D eigenvalue weighted by molar-refractivity contribution is 5.99. The molecule has 25 heavy (non-hydrogen) atoms. The number of benzene rings is 1. The maximum absolute atomic E-state index is 12.3. The summed E-state index contributed by atoms with van der Waals surface area (Å²) in [6, 6.07) is 5.32. The molecule has 1 heterocycles. The third kappa shape index (κ3) is 5.16. The Labute approximate surface area is 141 Å². The summed E-state index contributed by atoms with van der Waals surface area (Å²) in [5.74, 6) is -0.889. The highest BCUT2D eigenvalue weighted by Crippen LogP contribution is 2.29. The molecule has 134 valence electrons. The highest BCUT2D eigenvalue weighted by atomic mass is 19.3. The van der Waals surface area contributed by atoms with Crippen LogP contribution in [-0.2, 0) is 11.8 Å². The van der Waals surface area contributed by atoms with Crippen molar-refractivity contribution in [2.75, 3.05) is 19.0 Å². The van der Waals surface area contributed by atoms with Crippen LogP contribution in [0.15, 0.2) is 30.5 Å². The van der Waals surface area contributed by atoms with Gasteiger partial charge < -0.3 is 20.1 Å². The number of nitrogens with zero attached hydrogens (tertiary/aromatic N) is 2. The molecule has 1 aromatic heterocycles. The normalized spacial score (nSPS) is 10.4. The van der Waals surface area contributed by atoms with Crippen molar-refractivity contribution in [3.05, 3.63) is 36.0 Å². The summed E-state index contributed by atoms with van der Waals surface area (Å²) in [6.45, 7) is -3.30. The second-order valence-electron chi connectivity index (χ2n) is 4.85. The smallest absolute Gasteiger partial charge is 0.387 e. The van der Waals surface area contributed by atoms with E-state index in [1.54, 1.807) is 19.3 Å². The van der Waals surface area contributed by atoms with Gasteiger partial charge in [-0.3, -0.25) is 14.3 Å². The average molecular weight is 354 g/mol. The summed E-state index contributed by atoms with van der Waals surface area (Å²) in [5, 5.41) is 8.89. The number of aryl methyl sites for hydroxylation is 1. The maximum atomic E-state index is 12.3. The number of carbonyl (C=O) groups is 2. The van der Waals surface area contributed by atoms with E-state index in [4.69, 9.17) is 4.74 Å². The van der Waals surface area contributed by atoms with E-state index in [-0.39, 0.29) is 23.6 Å². The van der Waals surface area contributed by atoms with Crippen LogP contribution in [-0.4, -0.2) is 41.9 Å². The van der Waals surface area contributed by atoms with Crippen molar-refractivity contribution in [1.29, 1.82) is 0 Å². The first-order chi connectivity index (χ1) is 11.9. The molecule has 0 radical (unpaired) electrons. The summed E-state index contributed by atoms with van der Waals surface area (Å²) in [5.41, 5.74) is 0.129. The molecule has 2 amide bonds. The zero-order chi connectivity index (χ0) is 18.4. The number of ether oxygens (including phenoxy) is 2. The van der Waals surface area contributed by atoms with Gasteiger partial charge in [0, 0.05) is 24.9 Å². The Morgan fingerprint density at radius 2 is 2.04 bits per heavy atom. The van der Waals surface area contributed by atoms with Crippen LogP contribution >= 0.6 is 0 Å². The van der Waals surface area contributed by atoms with E-state index in [1.165, 1.54) is 30.0 Å². The van der Waals surface area contributed by atoms with Gasteiger partial charge in [0.05, 0.1) is 13.7 Å². The van der Waals surface area contributed by atoms with Crippen molar-refractivity contribution in [2.45, 2.75) is 6.61 Å². The van der Waals surface area contributed by atoms with Crippen LogP contribution in [0.3, 0.4) is 0 Å². The highest BCUT2D eigenvalue weighted by Gasteiger charge is 2.15. The van der Waals surface area contributed by atoms with Gasteiger partial charge in [-0.2, -0.15) is 13.9 Å². The molecular weight excluding hydrogens is 338 g/mol. The standard InChI is InChI=1S/C15H16F2N4O4/c1-21-6-5-12(20-21)19-13(22)8-18-14(23)9-3-4-10(25-15(16)17)11(7-9)24-2/h3-7,15H,8H2,1-2H3,(H,18,23)(H,19,20,22). The summed E-state index contributed by atoms with van der Waals surface area (Å²) in [4.78, 5) is 23.8. The Morgan fingerprint density at radius 1 is 1.28 bits per heavy atom. The third-order valence-electron chi connectivity index (χ3n) is 3.03. The molecule has 0 aliphatic rings. The second kappa shape index (κ2) is 8.08. The third-order valence-corrected chi connectivity index (χ3v) is 3.03. The van der Waals surface area contributed by atoms with Crippen LogP contribution in [0.25, 0.3) is 0 Å². The molecule has 2 rings (SSSR count). The predicted molar refractivity (Wildman–Crippen MR) is 83.8 cm³/mol. The lowest BCUT2D eigenvalue weighted by Gasteiger charge is -2.11. The molecule has 0 saturated carbocycles. The topological polar surface area (TPSA) is 94.5 Å². The zero-order valence-electron chi connectivity index (χ0n) is 13.5. The van der Waals surface area contributed by atoms with Crippen molar-refractivity contribution in [3.63, 3.8) is 0 Å². The van der Waals surface area contributed by atoms with Crippen molar-refractivity contribution in [2.24, 2.45) is 7.05 Å². The number of alkyl halides is 2. The van der Waals surface area contributed by atoms with Gasteiger partial charge in [0.25, 0.3) is 5.91 Å². The van der Waals surface area contributed by atoms with Crippen molar-refractivity contribution in [1.82, 2.24) is 15.1 Å². The lowest BCUT2D eigenvalue weighted by atomic mass is 10.2. The number of nitrogens with one attached hydrogen (secondary N) is 2. The van der Waals surface area contributed by atoms with Gasteiger partial charge in [0.2, 0.25) is 5.91 Å². The molecular formula is C15H16F2N4O4.